The molecule has 0 aliphatic carbocycles. The predicted molar refractivity (Wildman–Crippen MR) is 130 cm³/mol. The van der Waals surface area contributed by atoms with Gasteiger partial charge in [0.1, 0.15) is 0 Å². The Morgan fingerprint density at radius 2 is 1.48 bits per heavy atom. The summed E-state index contributed by atoms with van der Waals surface area (Å²) >= 11 is 0. The lowest BCUT2D eigenvalue weighted by molar-refractivity contribution is -0.116. The number of carbonyl (C=O) groups excluding carboxylic acids is 1. The second kappa shape index (κ2) is 13.9. The molecule has 2 aromatic carbocycles. The third-order valence-corrected chi connectivity index (χ3v) is 6.12. The fourth-order valence-corrected chi connectivity index (χ4v) is 4.16. The number of rotatable bonds is 13. The number of unbranched alkanes of at least 4 members (excludes halogenated alkanes) is 6. The van der Waals surface area contributed by atoms with E-state index in [1.807, 2.05) is 0 Å². The summed E-state index contributed by atoms with van der Waals surface area (Å²) in [7, 11) is -3.78. The van der Waals surface area contributed by atoms with Crippen molar-refractivity contribution in [2.45, 2.75) is 63.2 Å². The molecule has 5 N–H and O–H groups in total. The maximum Gasteiger partial charge on any atom is 0.261 e. The monoisotopic (exact) mass is 468 g/mol. The summed E-state index contributed by atoms with van der Waals surface area (Å²) in [6.07, 6.45) is 8.42. The number of nitrogen functional groups attached to an aromatic ring is 1. The maximum absolute atomic E-state index is 12.6. The number of halogens is 1. The third-order valence-electron chi connectivity index (χ3n) is 4.74. The Hall–Kier alpha value is -2.29. The minimum Gasteiger partial charge on any atom is -0.326 e. The molecule has 0 spiro atoms. The zero-order valence-corrected chi connectivity index (χ0v) is 19.5. The van der Waals surface area contributed by atoms with Crippen molar-refractivity contribution < 1.29 is 13.2 Å². The summed E-state index contributed by atoms with van der Waals surface area (Å²) in [5.74, 6) is 5.21. The Morgan fingerprint density at radius 3 is 2.13 bits per heavy atom. The van der Waals surface area contributed by atoms with Gasteiger partial charge in [-0.1, -0.05) is 51.5 Å². The molecule has 0 saturated carbocycles. The summed E-state index contributed by atoms with van der Waals surface area (Å²) in [5, 5.41) is 2.79. The van der Waals surface area contributed by atoms with Crippen LogP contribution in [0, 0.1) is 0 Å². The highest BCUT2D eigenvalue weighted by molar-refractivity contribution is 7.92. The fraction of sp³-hybridized carbons (Fsp3) is 0.409. The van der Waals surface area contributed by atoms with Gasteiger partial charge < -0.3 is 10.7 Å². The third kappa shape index (κ3) is 9.59. The van der Waals surface area contributed by atoms with E-state index in [1.165, 1.54) is 37.8 Å². The van der Waals surface area contributed by atoms with Crippen molar-refractivity contribution in [3.63, 3.8) is 0 Å². The molecule has 2 rings (SSSR count). The normalized spacial score (nSPS) is 10.8. The molecule has 0 fully saturated rings. The second-order valence-electron chi connectivity index (χ2n) is 7.27. The van der Waals surface area contributed by atoms with Crippen LogP contribution in [0.25, 0.3) is 0 Å². The highest BCUT2D eigenvalue weighted by Crippen LogP contribution is 2.21. The topological polar surface area (TPSA) is 113 Å². The highest BCUT2D eigenvalue weighted by Gasteiger charge is 2.15. The number of hydrogen-bond donors (Lipinski definition) is 4. The van der Waals surface area contributed by atoms with Crippen LogP contribution in [-0.2, 0) is 14.8 Å². The van der Waals surface area contributed by atoms with Crippen LogP contribution in [0.1, 0.15) is 58.3 Å². The van der Waals surface area contributed by atoms with Gasteiger partial charge in [-0.25, -0.2) is 8.42 Å². The number of hydrogen-bond acceptors (Lipinski definition) is 5. The summed E-state index contributed by atoms with van der Waals surface area (Å²) in [6.45, 7) is 2.19. The number of anilines is 3. The molecule has 0 heterocycles. The van der Waals surface area contributed by atoms with Gasteiger partial charge in [0.15, 0.2) is 0 Å². The average Bonchev–Trinajstić information content (AvgIpc) is 2.73. The number of carbonyl (C=O) groups is 1. The van der Waals surface area contributed by atoms with Crippen LogP contribution < -0.4 is 21.3 Å². The van der Waals surface area contributed by atoms with Crippen LogP contribution in [-0.4, -0.2) is 14.3 Å². The van der Waals surface area contributed by atoms with Gasteiger partial charge in [-0.05, 0) is 48.9 Å². The molecule has 0 aliphatic heterocycles. The molecule has 0 atom stereocenters. The lowest BCUT2D eigenvalue weighted by atomic mass is 10.1. The molecule has 1 amide bonds. The van der Waals surface area contributed by atoms with Crippen molar-refractivity contribution in [1.82, 2.24) is 0 Å². The number of sulfonamides is 1. The van der Waals surface area contributed by atoms with Crippen LogP contribution in [0.4, 0.5) is 17.1 Å². The first-order chi connectivity index (χ1) is 14.4. The van der Waals surface area contributed by atoms with Crippen molar-refractivity contribution in [3.05, 3.63) is 48.5 Å². The van der Waals surface area contributed by atoms with Gasteiger partial charge in [0.25, 0.3) is 10.0 Å². The van der Waals surface area contributed by atoms with E-state index in [-0.39, 0.29) is 23.2 Å². The van der Waals surface area contributed by atoms with Gasteiger partial charge in [-0.2, -0.15) is 0 Å². The van der Waals surface area contributed by atoms with Gasteiger partial charge in [0.05, 0.1) is 4.90 Å². The lowest BCUT2D eigenvalue weighted by Gasteiger charge is -2.11. The molecule has 0 aliphatic rings. The molecule has 0 bridgehead atoms. The van der Waals surface area contributed by atoms with Crippen molar-refractivity contribution >= 4 is 45.4 Å². The molecular weight excluding hydrogens is 436 g/mol. The van der Waals surface area contributed by atoms with Crippen LogP contribution in [0.3, 0.4) is 0 Å². The molecule has 31 heavy (non-hydrogen) atoms. The summed E-state index contributed by atoms with van der Waals surface area (Å²) in [6, 6.07) is 12.8. The molecular formula is C22H33ClN4O3S. The van der Waals surface area contributed by atoms with Gasteiger partial charge in [0.2, 0.25) is 5.91 Å². The fourth-order valence-electron chi connectivity index (χ4n) is 3.06. The standard InChI is InChI=1S/C22H32N4O3S.ClH/c1-2-3-4-5-6-7-8-12-22(27)24-20-10-9-11-21(17-20)30(28,29)26-19-15-13-18(25-23)14-16-19;/h9-11,13-17,25-26H,2-8,12,23H2,1H3,(H,24,27);1H. The Bertz CT molecular complexity index is 905. The summed E-state index contributed by atoms with van der Waals surface area (Å²) in [5.41, 5.74) is 4.04. The second-order valence-corrected chi connectivity index (χ2v) is 8.96. The first kappa shape index (κ1) is 26.7. The lowest BCUT2D eigenvalue weighted by Crippen LogP contribution is -2.15. The molecule has 0 saturated heterocycles. The van der Waals surface area contributed by atoms with Crippen molar-refractivity contribution in [2.75, 3.05) is 15.5 Å². The van der Waals surface area contributed by atoms with E-state index >= 15 is 0 Å². The van der Waals surface area contributed by atoms with E-state index in [0.29, 0.717) is 23.5 Å². The van der Waals surface area contributed by atoms with Crippen molar-refractivity contribution in [1.29, 1.82) is 0 Å². The van der Waals surface area contributed by atoms with E-state index in [2.05, 4.69) is 22.4 Å². The number of nitrogens with two attached hydrogens (primary N) is 1. The van der Waals surface area contributed by atoms with E-state index < -0.39 is 10.0 Å². The Balaban J connectivity index is 0.00000480. The largest absolute Gasteiger partial charge is 0.326 e. The Kier molecular flexibility index (Phi) is 12.0. The van der Waals surface area contributed by atoms with Crippen molar-refractivity contribution in [3.8, 4) is 0 Å². The average molecular weight is 469 g/mol. The first-order valence-corrected chi connectivity index (χ1v) is 11.9. The Labute approximate surface area is 191 Å². The number of benzene rings is 2. The van der Waals surface area contributed by atoms with E-state index in [0.717, 1.165) is 19.3 Å². The zero-order chi connectivity index (χ0) is 21.8. The molecule has 2 aromatic rings. The summed E-state index contributed by atoms with van der Waals surface area (Å²) in [4.78, 5) is 12.2. The van der Waals surface area contributed by atoms with Crippen LogP contribution in [0.15, 0.2) is 53.4 Å². The number of nitrogens with one attached hydrogen (secondary N) is 3. The Morgan fingerprint density at radius 1 is 0.871 bits per heavy atom. The zero-order valence-electron chi connectivity index (χ0n) is 17.9. The smallest absolute Gasteiger partial charge is 0.261 e. The van der Waals surface area contributed by atoms with Gasteiger partial charge >= 0.3 is 0 Å². The van der Waals surface area contributed by atoms with Crippen LogP contribution in [0.2, 0.25) is 0 Å². The first-order valence-electron chi connectivity index (χ1n) is 10.4. The minimum atomic E-state index is -3.78. The minimum absolute atomic E-state index is 0. The van der Waals surface area contributed by atoms with Gasteiger partial charge in [0, 0.05) is 23.5 Å². The highest BCUT2D eigenvalue weighted by atomic mass is 35.5. The van der Waals surface area contributed by atoms with E-state index in [9.17, 15) is 13.2 Å². The summed E-state index contributed by atoms with van der Waals surface area (Å²) < 4.78 is 27.8. The van der Waals surface area contributed by atoms with E-state index in [4.69, 9.17) is 5.84 Å². The van der Waals surface area contributed by atoms with Crippen LogP contribution >= 0.6 is 12.4 Å². The van der Waals surface area contributed by atoms with Crippen LogP contribution in [0.5, 0.6) is 0 Å². The SMILES string of the molecule is CCCCCCCCCC(=O)Nc1cccc(S(=O)(=O)Nc2ccc(NN)cc2)c1.Cl. The van der Waals surface area contributed by atoms with Gasteiger partial charge in [-0.3, -0.25) is 15.4 Å². The molecule has 172 valence electrons. The number of amides is 1. The molecule has 7 nitrogen and oxygen atoms in total. The van der Waals surface area contributed by atoms with E-state index in [1.54, 1.807) is 36.4 Å². The maximum atomic E-state index is 12.6. The quantitative estimate of drug-likeness (QED) is 0.181. The molecule has 0 aromatic heterocycles. The molecule has 0 radical (unpaired) electrons. The van der Waals surface area contributed by atoms with Crippen molar-refractivity contribution in [2.24, 2.45) is 5.84 Å². The number of hydrazine groups is 1. The predicted octanol–water partition coefficient (Wildman–Crippen LogP) is 5.27. The molecule has 0 unspecified atom stereocenters. The van der Waals surface area contributed by atoms with Gasteiger partial charge in [-0.15, -0.1) is 12.4 Å². The molecule has 9 heteroatoms.